The number of nitrogens with two attached hydrogens (primary N) is 1. The number of hydrogen-bond acceptors (Lipinski definition) is 3. The van der Waals surface area contributed by atoms with Crippen molar-refractivity contribution in [2.75, 3.05) is 13.6 Å². The van der Waals surface area contributed by atoms with Gasteiger partial charge in [0.05, 0.1) is 12.6 Å². The fourth-order valence-corrected chi connectivity index (χ4v) is 2.59. The van der Waals surface area contributed by atoms with Crippen LogP contribution in [0.25, 0.3) is 0 Å². The molecule has 0 saturated heterocycles. The van der Waals surface area contributed by atoms with E-state index in [9.17, 15) is 14.0 Å². The Kier molecular flexibility index (Phi) is 10.2. The Morgan fingerprint density at radius 2 is 1.80 bits per heavy atom. The third kappa shape index (κ3) is 7.62. The molecule has 1 unspecified atom stereocenters. The van der Waals surface area contributed by atoms with Crippen LogP contribution in [0.2, 0.25) is 0 Å². The predicted octanol–water partition coefficient (Wildman–Crippen LogP) is 2.39. The monoisotopic (exact) mass is 527 g/mol. The minimum absolute atomic E-state index is 0. The molecule has 0 aliphatic heterocycles. The molecule has 0 fully saturated rings. The van der Waals surface area contributed by atoms with Gasteiger partial charge >= 0.3 is 0 Å². The lowest BCUT2D eigenvalue weighted by Crippen LogP contribution is -2.38. The maximum Gasteiger partial charge on any atom is 0.251 e. The van der Waals surface area contributed by atoms with Gasteiger partial charge in [0.1, 0.15) is 5.82 Å². The van der Waals surface area contributed by atoms with E-state index >= 15 is 0 Å². The summed E-state index contributed by atoms with van der Waals surface area (Å²) in [7, 11) is 1.66. The smallest absolute Gasteiger partial charge is 0.251 e. The average Bonchev–Trinajstić information content (AvgIpc) is 2.71. The second-order valence-electron chi connectivity index (χ2n) is 6.65. The minimum atomic E-state index is -0.597. The van der Waals surface area contributed by atoms with Gasteiger partial charge in [0.15, 0.2) is 5.96 Å². The number of amides is 2. The lowest BCUT2D eigenvalue weighted by molar-refractivity contribution is -0.117. The molecule has 9 heteroatoms. The lowest BCUT2D eigenvalue weighted by Gasteiger charge is -2.19. The number of hydrogen-bond donors (Lipinski definition) is 4. The number of carbonyl (C=O) groups excluding carboxylic acids is 2. The van der Waals surface area contributed by atoms with Crippen LogP contribution in [0.3, 0.4) is 0 Å². The van der Waals surface area contributed by atoms with Gasteiger partial charge in [-0.1, -0.05) is 24.3 Å². The Balaban J connectivity index is 0.00000450. The molecule has 0 aromatic heterocycles. The number of benzene rings is 2. The summed E-state index contributed by atoms with van der Waals surface area (Å²) >= 11 is 0. The van der Waals surface area contributed by atoms with Gasteiger partial charge in [-0.15, -0.1) is 24.0 Å². The first-order chi connectivity index (χ1) is 13.8. The highest BCUT2D eigenvalue weighted by Crippen LogP contribution is 2.16. The van der Waals surface area contributed by atoms with Crippen molar-refractivity contribution >= 4 is 41.8 Å². The van der Waals surface area contributed by atoms with Gasteiger partial charge < -0.3 is 21.7 Å². The third-order valence-electron chi connectivity index (χ3n) is 4.37. The van der Waals surface area contributed by atoms with E-state index in [0.717, 1.165) is 11.1 Å². The van der Waals surface area contributed by atoms with Crippen LogP contribution >= 0.6 is 24.0 Å². The minimum Gasteiger partial charge on any atom is -0.368 e. The van der Waals surface area contributed by atoms with E-state index in [4.69, 9.17) is 5.73 Å². The van der Waals surface area contributed by atoms with Crippen LogP contribution in [0.4, 0.5) is 4.39 Å². The van der Waals surface area contributed by atoms with Crippen molar-refractivity contribution in [2.45, 2.75) is 26.4 Å². The van der Waals surface area contributed by atoms with Crippen LogP contribution in [0.1, 0.15) is 40.0 Å². The van der Waals surface area contributed by atoms with Crippen LogP contribution in [-0.2, 0) is 11.3 Å². The number of aryl methyl sites for hydroxylation is 1. The van der Waals surface area contributed by atoms with Crippen LogP contribution in [0.15, 0.2) is 47.5 Å². The average molecular weight is 527 g/mol. The number of nitrogens with one attached hydrogen (secondary N) is 3. The van der Waals surface area contributed by atoms with Crippen LogP contribution in [0, 0.1) is 12.7 Å². The summed E-state index contributed by atoms with van der Waals surface area (Å²) in [5.74, 6) is -0.624. The van der Waals surface area contributed by atoms with Gasteiger partial charge in [0.2, 0.25) is 5.91 Å². The van der Waals surface area contributed by atoms with Crippen molar-refractivity contribution in [3.63, 3.8) is 0 Å². The van der Waals surface area contributed by atoms with Gasteiger partial charge in [-0.25, -0.2) is 4.39 Å². The second kappa shape index (κ2) is 12.1. The topological polar surface area (TPSA) is 109 Å². The first-order valence-electron chi connectivity index (χ1n) is 9.19. The summed E-state index contributed by atoms with van der Waals surface area (Å²) in [6, 6.07) is 12.0. The largest absolute Gasteiger partial charge is 0.368 e. The van der Waals surface area contributed by atoms with Gasteiger partial charge in [0.25, 0.3) is 5.91 Å². The summed E-state index contributed by atoms with van der Waals surface area (Å²) in [6.45, 7) is 3.94. The van der Waals surface area contributed by atoms with Crippen molar-refractivity contribution in [1.29, 1.82) is 0 Å². The molecule has 0 spiro atoms. The van der Waals surface area contributed by atoms with E-state index in [1.165, 1.54) is 6.07 Å². The van der Waals surface area contributed by atoms with Crippen molar-refractivity contribution < 1.29 is 14.0 Å². The molecule has 2 rings (SSSR count). The molecule has 0 aliphatic rings. The predicted molar refractivity (Wildman–Crippen MR) is 126 cm³/mol. The van der Waals surface area contributed by atoms with Crippen LogP contribution in [0.5, 0.6) is 0 Å². The number of aliphatic imine (C=N–C) groups is 1. The van der Waals surface area contributed by atoms with E-state index in [2.05, 4.69) is 20.9 Å². The molecule has 2 aromatic carbocycles. The Hall–Kier alpha value is -2.69. The SMILES string of the molecule is CN=C(NCc1ccc(C(=O)NCC(N)=O)cc1)NC(C)c1ccc(C)c(F)c1.I. The van der Waals surface area contributed by atoms with Crippen molar-refractivity contribution in [3.05, 3.63) is 70.5 Å². The molecule has 162 valence electrons. The van der Waals surface area contributed by atoms with Gasteiger partial charge in [-0.2, -0.15) is 0 Å². The first kappa shape index (κ1) is 25.3. The highest BCUT2D eigenvalue weighted by atomic mass is 127. The quantitative estimate of drug-likeness (QED) is 0.252. The van der Waals surface area contributed by atoms with E-state index in [1.54, 1.807) is 44.3 Å². The first-order valence-corrected chi connectivity index (χ1v) is 9.19. The summed E-state index contributed by atoms with van der Waals surface area (Å²) in [4.78, 5) is 26.8. The molecule has 1 atom stereocenters. The number of rotatable bonds is 7. The van der Waals surface area contributed by atoms with Crippen LogP contribution in [-0.4, -0.2) is 31.4 Å². The Bertz CT molecular complexity index is 903. The van der Waals surface area contributed by atoms with Gasteiger partial charge in [-0.05, 0) is 48.7 Å². The number of carbonyl (C=O) groups is 2. The van der Waals surface area contributed by atoms with Crippen molar-refractivity contribution in [1.82, 2.24) is 16.0 Å². The Morgan fingerprint density at radius 3 is 2.37 bits per heavy atom. The van der Waals surface area contributed by atoms with E-state index in [-0.39, 0.29) is 48.3 Å². The highest BCUT2D eigenvalue weighted by Gasteiger charge is 2.10. The highest BCUT2D eigenvalue weighted by molar-refractivity contribution is 14.0. The molecule has 2 aromatic rings. The molecule has 0 saturated carbocycles. The Morgan fingerprint density at radius 1 is 1.13 bits per heavy atom. The second-order valence-corrected chi connectivity index (χ2v) is 6.65. The molecule has 7 nitrogen and oxygen atoms in total. The molecule has 0 heterocycles. The van der Waals surface area contributed by atoms with E-state index < -0.39 is 5.91 Å². The zero-order chi connectivity index (χ0) is 21.4. The number of nitrogens with zero attached hydrogens (tertiary/aromatic N) is 1. The summed E-state index contributed by atoms with van der Waals surface area (Å²) in [6.07, 6.45) is 0. The number of halogens is 2. The zero-order valence-electron chi connectivity index (χ0n) is 17.2. The zero-order valence-corrected chi connectivity index (χ0v) is 19.5. The molecule has 5 N–H and O–H groups in total. The third-order valence-corrected chi connectivity index (χ3v) is 4.37. The van der Waals surface area contributed by atoms with E-state index in [1.807, 2.05) is 13.0 Å². The fourth-order valence-electron chi connectivity index (χ4n) is 2.59. The molecular weight excluding hydrogens is 500 g/mol. The summed E-state index contributed by atoms with van der Waals surface area (Å²) in [5.41, 5.74) is 7.82. The lowest BCUT2D eigenvalue weighted by atomic mass is 10.1. The summed E-state index contributed by atoms with van der Waals surface area (Å²) < 4.78 is 13.8. The molecule has 0 aliphatic carbocycles. The standard InChI is InChI=1S/C21H26FN5O2.HI/c1-13-4-7-17(10-18(13)22)14(2)27-21(24-3)26-11-15-5-8-16(9-6-15)20(29)25-12-19(23)28;/h4-10,14H,11-12H2,1-3H3,(H2,23,28)(H,25,29)(H2,24,26,27);1H. The van der Waals surface area contributed by atoms with Gasteiger partial charge in [-0.3, -0.25) is 14.6 Å². The molecule has 0 bridgehead atoms. The number of guanidine groups is 1. The van der Waals surface area contributed by atoms with Crippen molar-refractivity contribution in [2.24, 2.45) is 10.7 Å². The normalized spacial score (nSPS) is 11.8. The molecule has 2 amide bonds. The van der Waals surface area contributed by atoms with E-state index in [0.29, 0.717) is 23.6 Å². The summed E-state index contributed by atoms with van der Waals surface area (Å²) in [5, 5.41) is 8.84. The fraction of sp³-hybridized carbons (Fsp3) is 0.286. The van der Waals surface area contributed by atoms with Crippen molar-refractivity contribution in [3.8, 4) is 0 Å². The number of primary amides is 1. The van der Waals surface area contributed by atoms with Crippen LogP contribution < -0.4 is 21.7 Å². The van der Waals surface area contributed by atoms with Gasteiger partial charge in [0, 0.05) is 19.2 Å². The molecule has 30 heavy (non-hydrogen) atoms. The Labute approximate surface area is 192 Å². The molecule has 0 radical (unpaired) electrons. The maximum atomic E-state index is 13.8. The maximum absolute atomic E-state index is 13.8. The molecular formula is C21H27FIN5O2.